The number of carbonyl (C=O) groups excluding carboxylic acids is 2. The summed E-state index contributed by atoms with van der Waals surface area (Å²) in [5.74, 6) is -0.207. The molecule has 8 heteroatoms. The summed E-state index contributed by atoms with van der Waals surface area (Å²) in [7, 11) is 1.50. The summed E-state index contributed by atoms with van der Waals surface area (Å²) in [6.07, 6.45) is 30.0. The minimum atomic E-state index is -0.973. The quantitative estimate of drug-likeness (QED) is 0.0415. The molecule has 1 rings (SSSR count). The average Bonchev–Trinajstić information content (AvgIpc) is 3.06. The predicted molar refractivity (Wildman–Crippen MR) is 185 cm³/mol. The van der Waals surface area contributed by atoms with Crippen LogP contribution in [0.2, 0.25) is 0 Å². The van der Waals surface area contributed by atoms with E-state index in [9.17, 15) is 19.8 Å². The van der Waals surface area contributed by atoms with E-state index in [0.29, 0.717) is 24.3 Å². The lowest BCUT2D eigenvalue weighted by Gasteiger charge is -2.08. The molecule has 1 aromatic carbocycles. The van der Waals surface area contributed by atoms with Crippen LogP contribution in [0.4, 0.5) is 0 Å². The summed E-state index contributed by atoms with van der Waals surface area (Å²) in [5.41, 5.74) is 0.713. The molecule has 264 valence electrons. The van der Waals surface area contributed by atoms with E-state index in [2.05, 4.69) is 0 Å². The first-order valence-electron chi connectivity index (χ1n) is 18.1. The van der Waals surface area contributed by atoms with Crippen molar-refractivity contribution in [3.05, 3.63) is 29.8 Å². The number of hydrogen-bond acceptors (Lipinski definition) is 8. The Morgan fingerprint density at radius 2 is 1.15 bits per heavy atom. The highest BCUT2D eigenvalue weighted by Gasteiger charge is 2.07. The fourth-order valence-electron chi connectivity index (χ4n) is 5.42. The van der Waals surface area contributed by atoms with E-state index in [1.54, 1.807) is 24.3 Å². The summed E-state index contributed by atoms with van der Waals surface area (Å²) in [6, 6.07) is 4.98. The van der Waals surface area contributed by atoms with Crippen LogP contribution in [0, 0.1) is 0 Å². The van der Waals surface area contributed by atoms with Crippen molar-refractivity contribution in [2.45, 2.75) is 154 Å². The first kappa shape index (κ1) is 41.4. The number of methoxy groups -OCH3 is 1. The van der Waals surface area contributed by atoms with Crippen LogP contribution >= 0.6 is 0 Å². The van der Waals surface area contributed by atoms with Crippen LogP contribution in [0.5, 0.6) is 11.5 Å². The van der Waals surface area contributed by atoms with Gasteiger partial charge in [0.2, 0.25) is 0 Å². The molecule has 46 heavy (non-hydrogen) atoms. The Hall–Kier alpha value is -2.58. The molecule has 0 bridgehead atoms. The molecule has 0 saturated carbocycles. The van der Waals surface area contributed by atoms with E-state index in [0.717, 1.165) is 32.1 Å². The lowest BCUT2D eigenvalue weighted by atomic mass is 10.0. The Balaban J connectivity index is 1.75. The smallest absolute Gasteiger partial charge is 0.330 e. The summed E-state index contributed by atoms with van der Waals surface area (Å²) in [4.78, 5) is 23.4. The largest absolute Gasteiger partial charge is 0.504 e. The highest BCUT2D eigenvalue weighted by atomic mass is 16.5. The Kier molecular flexibility index (Phi) is 26.8. The fraction of sp³-hybridized carbons (Fsp3) is 0.737. The van der Waals surface area contributed by atoms with Crippen LogP contribution in [0.15, 0.2) is 24.3 Å². The van der Waals surface area contributed by atoms with Gasteiger partial charge in [0, 0.05) is 12.5 Å². The maximum Gasteiger partial charge on any atom is 0.330 e. The second-order valence-corrected chi connectivity index (χ2v) is 12.5. The Labute approximate surface area is 278 Å². The first-order valence-corrected chi connectivity index (χ1v) is 18.1. The van der Waals surface area contributed by atoms with Crippen molar-refractivity contribution in [3.8, 4) is 11.5 Å². The summed E-state index contributed by atoms with van der Waals surface area (Å²) in [6.45, 7) is -0.0545. The molecule has 0 saturated heterocycles. The molecule has 0 heterocycles. The molecule has 3 N–H and O–H groups in total. The fourth-order valence-corrected chi connectivity index (χ4v) is 5.42. The molecule has 1 aromatic rings. The molecular formula is C38H64O8. The van der Waals surface area contributed by atoms with Gasteiger partial charge in [-0.2, -0.15) is 0 Å². The second-order valence-electron chi connectivity index (χ2n) is 12.5. The Morgan fingerprint density at radius 1 is 0.696 bits per heavy atom. The minimum absolute atomic E-state index is 0.0415. The molecule has 0 aliphatic carbocycles. The van der Waals surface area contributed by atoms with Gasteiger partial charge in [0.25, 0.3) is 0 Å². The van der Waals surface area contributed by atoms with E-state index < -0.39 is 6.10 Å². The number of unbranched alkanes of at least 4 members (excludes halogenated alkanes) is 21. The van der Waals surface area contributed by atoms with Gasteiger partial charge in [-0.1, -0.05) is 134 Å². The number of phenolic OH excluding ortho intramolecular Hbond substituents is 1. The van der Waals surface area contributed by atoms with Crippen molar-refractivity contribution >= 4 is 18.0 Å². The minimum Gasteiger partial charge on any atom is -0.504 e. The van der Waals surface area contributed by atoms with E-state index in [1.807, 2.05) is 0 Å². The Bertz CT molecular complexity index is 916. The van der Waals surface area contributed by atoms with Crippen LogP contribution in [-0.2, 0) is 19.1 Å². The highest BCUT2D eigenvalue weighted by molar-refractivity contribution is 5.87. The van der Waals surface area contributed by atoms with E-state index in [-0.39, 0.29) is 30.9 Å². The third-order valence-electron chi connectivity index (χ3n) is 8.28. The molecule has 0 radical (unpaired) electrons. The van der Waals surface area contributed by atoms with Crippen molar-refractivity contribution in [1.29, 1.82) is 0 Å². The predicted octanol–water partition coefficient (Wildman–Crippen LogP) is 8.83. The lowest BCUT2D eigenvalue weighted by Crippen LogP contribution is -2.21. The highest BCUT2D eigenvalue weighted by Crippen LogP contribution is 2.26. The zero-order valence-corrected chi connectivity index (χ0v) is 28.7. The first-order chi connectivity index (χ1) is 22.5. The standard InChI is InChI=1S/C38H64O8/c1-44-36-27-25-33(30-35(36)41)26-28-38(43)45-29-23-21-19-17-15-13-11-9-7-5-3-2-4-6-8-10-12-14-16-18-20-22-24-37(42)46-32-34(40)31-39/h25-28,30,34,39-41H,2-24,29,31-32H2,1H3. The van der Waals surface area contributed by atoms with Gasteiger partial charge in [0.15, 0.2) is 11.5 Å². The van der Waals surface area contributed by atoms with Gasteiger partial charge in [0.05, 0.1) is 20.3 Å². The van der Waals surface area contributed by atoms with Crippen molar-refractivity contribution in [2.75, 3.05) is 26.9 Å². The van der Waals surface area contributed by atoms with Crippen molar-refractivity contribution in [3.63, 3.8) is 0 Å². The van der Waals surface area contributed by atoms with Crippen LogP contribution in [0.3, 0.4) is 0 Å². The molecule has 0 amide bonds. The monoisotopic (exact) mass is 648 g/mol. The maximum absolute atomic E-state index is 11.9. The van der Waals surface area contributed by atoms with Crippen LogP contribution in [0.1, 0.15) is 153 Å². The van der Waals surface area contributed by atoms with Gasteiger partial charge in [-0.15, -0.1) is 0 Å². The number of benzene rings is 1. The lowest BCUT2D eigenvalue weighted by molar-refractivity contribution is -0.147. The van der Waals surface area contributed by atoms with E-state index in [4.69, 9.17) is 19.3 Å². The van der Waals surface area contributed by atoms with Gasteiger partial charge in [-0.25, -0.2) is 4.79 Å². The van der Waals surface area contributed by atoms with Crippen LogP contribution in [0.25, 0.3) is 6.08 Å². The van der Waals surface area contributed by atoms with Crippen LogP contribution in [-0.4, -0.2) is 60.3 Å². The summed E-state index contributed by atoms with van der Waals surface area (Å²) in [5, 5.41) is 27.7. The van der Waals surface area contributed by atoms with Gasteiger partial charge < -0.3 is 29.5 Å². The molecule has 1 unspecified atom stereocenters. The number of hydrogen-bond donors (Lipinski definition) is 3. The van der Waals surface area contributed by atoms with Gasteiger partial charge in [-0.3, -0.25) is 4.79 Å². The molecule has 0 fully saturated rings. The number of ether oxygens (including phenoxy) is 3. The summed E-state index contributed by atoms with van der Waals surface area (Å²) >= 11 is 0. The summed E-state index contributed by atoms with van der Waals surface area (Å²) < 4.78 is 15.2. The normalized spacial score (nSPS) is 12.0. The molecular weight excluding hydrogens is 584 g/mol. The third kappa shape index (κ3) is 24.6. The second kappa shape index (κ2) is 29.8. The molecule has 8 nitrogen and oxygen atoms in total. The number of esters is 2. The average molecular weight is 649 g/mol. The van der Waals surface area contributed by atoms with E-state index in [1.165, 1.54) is 122 Å². The van der Waals surface area contributed by atoms with Gasteiger partial charge in [-0.05, 0) is 36.6 Å². The number of aliphatic hydroxyl groups is 2. The molecule has 0 spiro atoms. The van der Waals surface area contributed by atoms with Crippen LogP contribution < -0.4 is 4.74 Å². The number of carbonyl (C=O) groups is 2. The zero-order valence-electron chi connectivity index (χ0n) is 28.7. The molecule has 0 aliphatic rings. The maximum atomic E-state index is 11.9. The zero-order chi connectivity index (χ0) is 33.5. The SMILES string of the molecule is COc1ccc(C=CC(=O)OCCCCCCCCCCCCCCCCCCCCCCCCC(=O)OCC(O)CO)cc1O. The number of aliphatic hydroxyl groups excluding tert-OH is 2. The van der Waals surface area contributed by atoms with Gasteiger partial charge >= 0.3 is 11.9 Å². The number of aromatic hydroxyl groups is 1. The van der Waals surface area contributed by atoms with Gasteiger partial charge in [0.1, 0.15) is 12.7 Å². The van der Waals surface area contributed by atoms with E-state index >= 15 is 0 Å². The Morgan fingerprint density at radius 3 is 1.59 bits per heavy atom. The number of phenols is 1. The van der Waals surface area contributed by atoms with Crippen molar-refractivity contribution in [2.24, 2.45) is 0 Å². The topological polar surface area (TPSA) is 123 Å². The molecule has 0 aromatic heterocycles. The van der Waals surface area contributed by atoms with Crippen molar-refractivity contribution in [1.82, 2.24) is 0 Å². The third-order valence-corrected chi connectivity index (χ3v) is 8.28. The number of rotatable bonds is 31. The van der Waals surface area contributed by atoms with Crippen molar-refractivity contribution < 1.29 is 39.1 Å². The molecule has 1 atom stereocenters. The molecule has 0 aliphatic heterocycles.